The quantitative estimate of drug-likeness (QED) is 0.596. The zero-order chi connectivity index (χ0) is 21.9. The van der Waals surface area contributed by atoms with Crippen LogP contribution in [0.15, 0.2) is 0 Å². The fraction of sp³-hybridized carbons (Fsp3) is 0.963. The van der Waals surface area contributed by atoms with Gasteiger partial charge in [-0.1, -0.05) is 53.9 Å². The summed E-state index contributed by atoms with van der Waals surface area (Å²) in [6.45, 7) is 11.9. The van der Waals surface area contributed by atoms with Crippen LogP contribution in [0.25, 0.3) is 0 Å². The summed E-state index contributed by atoms with van der Waals surface area (Å²) < 4.78 is 0. The fourth-order valence-corrected chi connectivity index (χ4v) is 9.04. The molecule has 4 aliphatic rings. The third-order valence-corrected chi connectivity index (χ3v) is 10.8. The molecule has 4 aliphatic carbocycles. The highest BCUT2D eigenvalue weighted by atomic mass is 16.3. The van der Waals surface area contributed by atoms with Crippen molar-refractivity contribution < 1.29 is 15.0 Å². The van der Waals surface area contributed by atoms with Gasteiger partial charge in [-0.25, -0.2) is 0 Å². The summed E-state index contributed by atoms with van der Waals surface area (Å²) in [6.07, 6.45) is 10.8. The predicted octanol–water partition coefficient (Wildman–Crippen LogP) is 5.76. The average Bonchev–Trinajstić information content (AvgIpc) is 3.01. The number of carbonyl (C=O) groups excluding carboxylic acids is 1. The van der Waals surface area contributed by atoms with E-state index in [9.17, 15) is 15.0 Å². The molecule has 0 saturated heterocycles. The van der Waals surface area contributed by atoms with Crippen LogP contribution >= 0.6 is 0 Å². The Bertz CT molecular complexity index is 658. The van der Waals surface area contributed by atoms with Crippen molar-refractivity contribution in [1.29, 1.82) is 0 Å². The number of Topliss-reactive ketones (excluding diaryl/α,β-unsaturated/α-hetero) is 1. The molecule has 4 rings (SSSR count). The average molecular weight is 419 g/mol. The Morgan fingerprint density at radius 3 is 2.43 bits per heavy atom. The van der Waals surface area contributed by atoms with Gasteiger partial charge >= 0.3 is 0 Å². The number of aliphatic hydroxyl groups excluding tert-OH is 1. The minimum absolute atomic E-state index is 0.0303. The van der Waals surface area contributed by atoms with Gasteiger partial charge in [0.05, 0.1) is 6.10 Å². The second-order valence-corrected chi connectivity index (χ2v) is 12.7. The van der Waals surface area contributed by atoms with Crippen molar-refractivity contribution in [2.75, 3.05) is 0 Å². The Balaban J connectivity index is 1.54. The molecular formula is C27H46O3. The van der Waals surface area contributed by atoms with Crippen molar-refractivity contribution in [1.82, 2.24) is 0 Å². The highest BCUT2D eigenvalue weighted by Crippen LogP contribution is 2.68. The molecule has 3 heteroatoms. The molecule has 0 radical (unpaired) electrons. The van der Waals surface area contributed by atoms with Crippen molar-refractivity contribution >= 4 is 5.78 Å². The van der Waals surface area contributed by atoms with Crippen molar-refractivity contribution in [3.05, 3.63) is 0 Å². The molecule has 0 bridgehead atoms. The van der Waals surface area contributed by atoms with Crippen LogP contribution in [0.4, 0.5) is 0 Å². The van der Waals surface area contributed by atoms with Crippen LogP contribution in [-0.2, 0) is 4.79 Å². The van der Waals surface area contributed by atoms with E-state index in [1.165, 1.54) is 38.5 Å². The number of hydrogen-bond donors (Lipinski definition) is 2. The van der Waals surface area contributed by atoms with Crippen molar-refractivity contribution in [3.8, 4) is 0 Å². The molecule has 172 valence electrons. The van der Waals surface area contributed by atoms with E-state index in [0.29, 0.717) is 29.6 Å². The molecule has 0 aromatic rings. The summed E-state index contributed by atoms with van der Waals surface area (Å²) >= 11 is 0. The SMILES string of the molecule is CC(C)CCC[C@@H](C)[C@H]1CC[C@H]2[C@@H]3CC(=O)C4(O)CC(O)CC[C@]4(C)[C@H]3CC[C@]12C. The van der Waals surface area contributed by atoms with E-state index in [1.54, 1.807) is 0 Å². The maximum atomic E-state index is 13.3. The van der Waals surface area contributed by atoms with Gasteiger partial charge in [0.15, 0.2) is 5.78 Å². The topological polar surface area (TPSA) is 57.5 Å². The molecule has 30 heavy (non-hydrogen) atoms. The molecule has 9 atom stereocenters. The molecule has 0 spiro atoms. The molecule has 0 aliphatic heterocycles. The van der Waals surface area contributed by atoms with Gasteiger partial charge < -0.3 is 10.2 Å². The van der Waals surface area contributed by atoms with Crippen LogP contribution in [0.1, 0.15) is 105 Å². The van der Waals surface area contributed by atoms with Gasteiger partial charge in [-0.05, 0) is 79.4 Å². The van der Waals surface area contributed by atoms with Crippen LogP contribution in [0.3, 0.4) is 0 Å². The third-order valence-electron chi connectivity index (χ3n) is 10.8. The van der Waals surface area contributed by atoms with Crippen LogP contribution in [-0.4, -0.2) is 27.7 Å². The first-order chi connectivity index (χ1) is 14.0. The Morgan fingerprint density at radius 1 is 1.00 bits per heavy atom. The van der Waals surface area contributed by atoms with Gasteiger partial charge in [-0.15, -0.1) is 0 Å². The van der Waals surface area contributed by atoms with Crippen LogP contribution in [0.5, 0.6) is 0 Å². The summed E-state index contributed by atoms with van der Waals surface area (Å²) in [7, 11) is 0. The normalized spacial score (nSPS) is 49.5. The minimum atomic E-state index is -1.30. The number of aliphatic hydroxyl groups is 2. The van der Waals surface area contributed by atoms with Gasteiger partial charge in [0.1, 0.15) is 5.60 Å². The second-order valence-electron chi connectivity index (χ2n) is 12.7. The highest BCUT2D eigenvalue weighted by molar-refractivity contribution is 5.89. The molecule has 2 unspecified atom stereocenters. The van der Waals surface area contributed by atoms with E-state index in [0.717, 1.165) is 37.0 Å². The highest BCUT2D eigenvalue weighted by Gasteiger charge is 2.67. The van der Waals surface area contributed by atoms with E-state index in [1.807, 2.05) is 0 Å². The van der Waals surface area contributed by atoms with Gasteiger partial charge in [0.25, 0.3) is 0 Å². The molecule has 4 saturated carbocycles. The first-order valence-corrected chi connectivity index (χ1v) is 13.0. The fourth-order valence-electron chi connectivity index (χ4n) is 9.04. The standard InChI is InChI=1S/C27H46O3/c1-17(2)7-6-8-18(3)21-9-10-22-20-15-24(29)27(30)16-19(28)11-14-26(27,5)23(20)12-13-25(21,22)4/h17-23,28,30H,6-16H2,1-5H3/t18-,19?,20+,21-,22+,23+,25-,26-,27?/m1/s1. The molecule has 4 fully saturated rings. The van der Waals surface area contributed by atoms with Crippen molar-refractivity contribution in [2.24, 2.45) is 46.3 Å². The summed E-state index contributed by atoms with van der Waals surface area (Å²) in [5.41, 5.74) is -1.30. The number of carbonyl (C=O) groups is 1. The van der Waals surface area contributed by atoms with E-state index in [-0.39, 0.29) is 17.6 Å². The minimum Gasteiger partial charge on any atom is -0.393 e. The Labute approximate surface area is 184 Å². The number of hydrogen-bond acceptors (Lipinski definition) is 3. The lowest BCUT2D eigenvalue weighted by atomic mass is 9.42. The van der Waals surface area contributed by atoms with E-state index >= 15 is 0 Å². The molecule has 2 N–H and O–H groups in total. The summed E-state index contributed by atoms with van der Waals surface area (Å²) in [4.78, 5) is 13.3. The number of ketones is 1. The molecule has 0 amide bonds. The van der Waals surface area contributed by atoms with E-state index in [2.05, 4.69) is 34.6 Å². The summed E-state index contributed by atoms with van der Waals surface area (Å²) in [6, 6.07) is 0. The van der Waals surface area contributed by atoms with E-state index in [4.69, 9.17) is 0 Å². The van der Waals surface area contributed by atoms with Gasteiger partial charge in [-0.2, -0.15) is 0 Å². The first kappa shape index (κ1) is 22.8. The lowest BCUT2D eigenvalue weighted by Crippen LogP contribution is -2.67. The molecule has 0 aromatic heterocycles. The van der Waals surface area contributed by atoms with Crippen molar-refractivity contribution in [2.45, 2.75) is 117 Å². The Kier molecular flexibility index (Phi) is 5.97. The van der Waals surface area contributed by atoms with Crippen LogP contribution < -0.4 is 0 Å². The zero-order valence-corrected chi connectivity index (χ0v) is 20.1. The Morgan fingerprint density at radius 2 is 1.73 bits per heavy atom. The zero-order valence-electron chi connectivity index (χ0n) is 20.1. The second kappa shape index (κ2) is 7.87. The summed E-state index contributed by atoms with van der Waals surface area (Å²) in [5.74, 6) is 3.87. The number of rotatable bonds is 5. The smallest absolute Gasteiger partial charge is 0.165 e. The van der Waals surface area contributed by atoms with Gasteiger partial charge in [0.2, 0.25) is 0 Å². The molecule has 0 heterocycles. The van der Waals surface area contributed by atoms with E-state index < -0.39 is 11.7 Å². The van der Waals surface area contributed by atoms with Gasteiger partial charge in [0, 0.05) is 18.3 Å². The lowest BCUT2D eigenvalue weighted by molar-refractivity contribution is -0.213. The molecule has 3 nitrogen and oxygen atoms in total. The predicted molar refractivity (Wildman–Crippen MR) is 121 cm³/mol. The maximum absolute atomic E-state index is 13.3. The van der Waals surface area contributed by atoms with Crippen molar-refractivity contribution in [3.63, 3.8) is 0 Å². The number of fused-ring (bicyclic) bond motifs is 5. The molecular weight excluding hydrogens is 372 g/mol. The van der Waals surface area contributed by atoms with Gasteiger partial charge in [-0.3, -0.25) is 4.79 Å². The molecule has 0 aromatic carbocycles. The van der Waals surface area contributed by atoms with Crippen LogP contribution in [0, 0.1) is 46.3 Å². The monoisotopic (exact) mass is 418 g/mol. The Hall–Kier alpha value is -0.410. The largest absolute Gasteiger partial charge is 0.393 e. The van der Waals surface area contributed by atoms with Crippen LogP contribution in [0.2, 0.25) is 0 Å². The first-order valence-electron chi connectivity index (χ1n) is 13.0. The summed E-state index contributed by atoms with van der Waals surface area (Å²) in [5, 5.41) is 21.7. The lowest BCUT2D eigenvalue weighted by Gasteiger charge is -2.63. The maximum Gasteiger partial charge on any atom is 0.165 e. The third kappa shape index (κ3) is 3.33.